The summed E-state index contributed by atoms with van der Waals surface area (Å²) < 4.78 is 0. The molecule has 0 spiro atoms. The van der Waals surface area contributed by atoms with Crippen molar-refractivity contribution in [3.05, 3.63) is 64.7 Å². The number of nitrogens with zero attached hydrogens (tertiary/aromatic N) is 1. The first-order chi connectivity index (χ1) is 11.5. The molecule has 0 aliphatic heterocycles. The van der Waals surface area contributed by atoms with Gasteiger partial charge in [0.05, 0.1) is 0 Å². The van der Waals surface area contributed by atoms with Crippen molar-refractivity contribution in [1.82, 2.24) is 4.90 Å². The summed E-state index contributed by atoms with van der Waals surface area (Å²) in [6, 6.07) is 12.7. The summed E-state index contributed by atoms with van der Waals surface area (Å²) in [5.74, 6) is -0.188. The van der Waals surface area contributed by atoms with Gasteiger partial charge in [-0.25, -0.2) is 0 Å². The van der Waals surface area contributed by atoms with Crippen LogP contribution in [0.15, 0.2) is 42.5 Å². The lowest BCUT2D eigenvalue weighted by molar-refractivity contribution is 0.0772. The van der Waals surface area contributed by atoms with Gasteiger partial charge in [-0.15, -0.1) is 0 Å². The Hall–Kier alpha value is -2.62. The smallest absolute Gasteiger partial charge is 0.255 e. The highest BCUT2D eigenvalue weighted by Gasteiger charge is 2.13. The second-order valence-electron chi connectivity index (χ2n) is 5.83. The molecule has 0 bridgehead atoms. The zero-order valence-corrected chi connectivity index (χ0v) is 14.7. The van der Waals surface area contributed by atoms with Crippen LogP contribution < -0.4 is 5.32 Å². The minimum absolute atomic E-state index is 0.0125. The van der Waals surface area contributed by atoms with Crippen molar-refractivity contribution in [3.63, 3.8) is 0 Å². The molecule has 2 aromatic carbocycles. The van der Waals surface area contributed by atoms with E-state index in [9.17, 15) is 9.59 Å². The van der Waals surface area contributed by atoms with Crippen LogP contribution in [0.1, 0.15) is 45.7 Å². The van der Waals surface area contributed by atoms with E-state index in [1.807, 2.05) is 45.9 Å². The van der Waals surface area contributed by atoms with Gasteiger partial charge < -0.3 is 10.2 Å². The van der Waals surface area contributed by atoms with Crippen molar-refractivity contribution >= 4 is 17.5 Å². The molecule has 0 saturated heterocycles. The molecule has 0 fully saturated rings. The molecule has 0 atom stereocenters. The van der Waals surface area contributed by atoms with Gasteiger partial charge in [0.15, 0.2) is 0 Å². The summed E-state index contributed by atoms with van der Waals surface area (Å²) in [7, 11) is 0. The lowest BCUT2D eigenvalue weighted by Crippen LogP contribution is -2.30. The lowest BCUT2D eigenvalue weighted by atomic mass is 10.1. The number of hydrogen-bond acceptors (Lipinski definition) is 2. The summed E-state index contributed by atoms with van der Waals surface area (Å²) in [6.45, 7) is 9.19. The number of amides is 2. The fourth-order valence-corrected chi connectivity index (χ4v) is 2.52. The fraction of sp³-hybridized carbons (Fsp3) is 0.300. The van der Waals surface area contributed by atoms with Gasteiger partial charge in [0, 0.05) is 29.9 Å². The summed E-state index contributed by atoms with van der Waals surface area (Å²) in [4.78, 5) is 26.4. The van der Waals surface area contributed by atoms with Crippen LogP contribution in [0.3, 0.4) is 0 Å². The predicted molar refractivity (Wildman–Crippen MR) is 97.6 cm³/mol. The van der Waals surface area contributed by atoms with E-state index in [1.54, 1.807) is 29.2 Å². The molecule has 2 aromatic rings. The lowest BCUT2D eigenvalue weighted by Gasteiger charge is -2.18. The number of hydrogen-bond donors (Lipinski definition) is 1. The van der Waals surface area contributed by atoms with Gasteiger partial charge in [-0.1, -0.05) is 12.1 Å². The van der Waals surface area contributed by atoms with E-state index < -0.39 is 0 Å². The highest BCUT2D eigenvalue weighted by molar-refractivity contribution is 6.05. The monoisotopic (exact) mass is 324 g/mol. The molecule has 0 unspecified atom stereocenters. The first-order valence-corrected chi connectivity index (χ1v) is 8.24. The Balaban J connectivity index is 2.14. The number of benzene rings is 2. The summed E-state index contributed by atoms with van der Waals surface area (Å²) >= 11 is 0. The van der Waals surface area contributed by atoms with Gasteiger partial charge >= 0.3 is 0 Å². The Bertz CT molecular complexity index is 732. The van der Waals surface area contributed by atoms with E-state index in [-0.39, 0.29) is 11.8 Å². The van der Waals surface area contributed by atoms with Crippen LogP contribution >= 0.6 is 0 Å². The van der Waals surface area contributed by atoms with Crippen molar-refractivity contribution in [2.75, 3.05) is 18.4 Å². The number of rotatable bonds is 5. The van der Waals surface area contributed by atoms with Crippen LogP contribution in [0.2, 0.25) is 0 Å². The minimum atomic E-state index is -0.175. The van der Waals surface area contributed by atoms with Gasteiger partial charge in [0.2, 0.25) is 0 Å². The molecule has 24 heavy (non-hydrogen) atoms. The van der Waals surface area contributed by atoms with E-state index in [4.69, 9.17) is 0 Å². The van der Waals surface area contributed by atoms with Crippen molar-refractivity contribution < 1.29 is 9.59 Å². The Morgan fingerprint density at radius 2 is 1.50 bits per heavy atom. The fourth-order valence-electron chi connectivity index (χ4n) is 2.52. The SMILES string of the molecule is CCN(CC)C(=O)c1ccc(C(=O)Nc2cc(C)ccc2C)cc1. The molecule has 4 nitrogen and oxygen atoms in total. The Kier molecular flexibility index (Phi) is 5.74. The third kappa shape index (κ3) is 4.02. The van der Waals surface area contributed by atoms with E-state index in [0.29, 0.717) is 24.2 Å². The highest BCUT2D eigenvalue weighted by atomic mass is 16.2. The third-order valence-electron chi connectivity index (χ3n) is 4.09. The molecule has 0 aromatic heterocycles. The van der Waals surface area contributed by atoms with Gasteiger partial charge in [0.25, 0.3) is 11.8 Å². The normalized spacial score (nSPS) is 10.3. The second kappa shape index (κ2) is 7.77. The first kappa shape index (κ1) is 17.7. The van der Waals surface area contributed by atoms with Crippen LogP contribution in [0.4, 0.5) is 5.69 Å². The van der Waals surface area contributed by atoms with Gasteiger partial charge in [-0.3, -0.25) is 9.59 Å². The summed E-state index contributed by atoms with van der Waals surface area (Å²) in [5.41, 5.74) is 4.05. The van der Waals surface area contributed by atoms with Crippen LogP contribution in [0.25, 0.3) is 0 Å². The maximum absolute atomic E-state index is 12.4. The van der Waals surface area contributed by atoms with Gasteiger partial charge in [0.1, 0.15) is 0 Å². The maximum atomic E-state index is 12.4. The molecule has 4 heteroatoms. The second-order valence-corrected chi connectivity index (χ2v) is 5.83. The summed E-state index contributed by atoms with van der Waals surface area (Å²) in [6.07, 6.45) is 0. The van der Waals surface area contributed by atoms with E-state index in [2.05, 4.69) is 5.32 Å². The van der Waals surface area contributed by atoms with E-state index in [0.717, 1.165) is 16.8 Å². The maximum Gasteiger partial charge on any atom is 0.255 e. The number of nitrogens with one attached hydrogen (secondary N) is 1. The minimum Gasteiger partial charge on any atom is -0.339 e. The van der Waals surface area contributed by atoms with E-state index >= 15 is 0 Å². The highest BCUT2D eigenvalue weighted by Crippen LogP contribution is 2.18. The molecular formula is C20H24N2O2. The molecule has 0 radical (unpaired) electrons. The predicted octanol–water partition coefficient (Wildman–Crippen LogP) is 4.04. The largest absolute Gasteiger partial charge is 0.339 e. The molecule has 2 rings (SSSR count). The number of carbonyl (C=O) groups is 2. The molecule has 1 N–H and O–H groups in total. The molecule has 0 aliphatic carbocycles. The molecule has 0 saturated carbocycles. The molecular weight excluding hydrogens is 300 g/mol. The topological polar surface area (TPSA) is 49.4 Å². The quantitative estimate of drug-likeness (QED) is 0.902. The average Bonchev–Trinajstić information content (AvgIpc) is 2.59. The number of carbonyl (C=O) groups excluding carboxylic acids is 2. The summed E-state index contributed by atoms with van der Waals surface area (Å²) in [5, 5.41) is 2.93. The molecule has 126 valence electrons. The van der Waals surface area contributed by atoms with Crippen LogP contribution in [-0.4, -0.2) is 29.8 Å². The van der Waals surface area contributed by atoms with Crippen LogP contribution in [0.5, 0.6) is 0 Å². The zero-order chi connectivity index (χ0) is 17.7. The van der Waals surface area contributed by atoms with Gasteiger partial charge in [-0.2, -0.15) is 0 Å². The van der Waals surface area contributed by atoms with Crippen molar-refractivity contribution in [2.24, 2.45) is 0 Å². The first-order valence-electron chi connectivity index (χ1n) is 8.24. The zero-order valence-electron chi connectivity index (χ0n) is 14.7. The van der Waals surface area contributed by atoms with Gasteiger partial charge in [-0.05, 0) is 69.2 Å². The average molecular weight is 324 g/mol. The molecule has 0 heterocycles. The molecule has 0 aliphatic rings. The van der Waals surface area contributed by atoms with Crippen molar-refractivity contribution in [1.29, 1.82) is 0 Å². The van der Waals surface area contributed by atoms with Crippen LogP contribution in [-0.2, 0) is 0 Å². The van der Waals surface area contributed by atoms with Crippen molar-refractivity contribution in [2.45, 2.75) is 27.7 Å². The number of anilines is 1. The Morgan fingerprint density at radius 3 is 2.08 bits per heavy atom. The Morgan fingerprint density at radius 1 is 0.917 bits per heavy atom. The number of aryl methyl sites for hydroxylation is 2. The van der Waals surface area contributed by atoms with Crippen LogP contribution in [0, 0.1) is 13.8 Å². The third-order valence-corrected chi connectivity index (χ3v) is 4.09. The molecule has 2 amide bonds. The Labute approximate surface area is 143 Å². The van der Waals surface area contributed by atoms with E-state index in [1.165, 1.54) is 0 Å². The standard InChI is InChI=1S/C20H24N2O2/c1-5-22(6-2)20(24)17-11-9-16(10-12-17)19(23)21-18-13-14(3)7-8-15(18)4/h7-13H,5-6H2,1-4H3,(H,21,23). The van der Waals surface area contributed by atoms with Crippen molar-refractivity contribution in [3.8, 4) is 0 Å².